The summed E-state index contributed by atoms with van der Waals surface area (Å²) in [6.45, 7) is 3.78. The van der Waals surface area contributed by atoms with Gasteiger partial charge in [-0.15, -0.1) is 0 Å². The van der Waals surface area contributed by atoms with Crippen LogP contribution in [0, 0.1) is 0 Å². The first kappa shape index (κ1) is 20.0. The van der Waals surface area contributed by atoms with Crippen molar-refractivity contribution in [2.45, 2.75) is 25.9 Å². The van der Waals surface area contributed by atoms with E-state index in [1.165, 1.54) is 24.5 Å². The number of nitrogens with one attached hydrogen (secondary N) is 1. The molecule has 0 aromatic heterocycles. The van der Waals surface area contributed by atoms with Crippen molar-refractivity contribution in [2.24, 2.45) is 0 Å². The van der Waals surface area contributed by atoms with Crippen LogP contribution in [-0.4, -0.2) is 38.1 Å². The van der Waals surface area contributed by atoms with Crippen LogP contribution in [0.3, 0.4) is 0 Å². The zero-order valence-corrected chi connectivity index (χ0v) is 16.6. The summed E-state index contributed by atoms with van der Waals surface area (Å²) in [7, 11) is 3.18. The molecular weight excluding hydrogens is 352 g/mol. The van der Waals surface area contributed by atoms with Gasteiger partial charge in [-0.25, -0.2) is 0 Å². The number of ether oxygens (including phenoxy) is 2. The van der Waals surface area contributed by atoms with Crippen molar-refractivity contribution in [3.63, 3.8) is 0 Å². The lowest BCUT2D eigenvalue weighted by molar-refractivity contribution is -0.116. The number of rotatable bonds is 8. The molecule has 2 aromatic rings. The Bertz CT molecular complexity index is 826. The van der Waals surface area contributed by atoms with Gasteiger partial charge >= 0.3 is 0 Å². The lowest BCUT2D eigenvalue weighted by Crippen LogP contribution is -2.23. The SMILES string of the molecule is COc1cccc(/C=C/C(=O)NCc2ccccc2CN2CCCC2)c1OC. The molecule has 1 amide bonds. The highest BCUT2D eigenvalue weighted by molar-refractivity contribution is 5.92. The van der Waals surface area contributed by atoms with Gasteiger partial charge in [-0.1, -0.05) is 36.4 Å². The Kier molecular flexibility index (Phi) is 7.09. The van der Waals surface area contributed by atoms with Crippen LogP contribution in [-0.2, 0) is 17.9 Å². The molecule has 1 aliphatic rings. The summed E-state index contributed by atoms with van der Waals surface area (Å²) in [5, 5.41) is 2.98. The topological polar surface area (TPSA) is 50.8 Å². The zero-order chi connectivity index (χ0) is 19.8. The Morgan fingerprint density at radius 1 is 1.04 bits per heavy atom. The molecule has 0 spiro atoms. The number of carbonyl (C=O) groups excluding carboxylic acids is 1. The van der Waals surface area contributed by atoms with E-state index in [0.717, 1.165) is 30.8 Å². The quantitative estimate of drug-likeness (QED) is 0.711. The molecule has 3 rings (SSSR count). The molecule has 1 fully saturated rings. The van der Waals surface area contributed by atoms with E-state index in [1.54, 1.807) is 20.3 Å². The Morgan fingerprint density at radius 2 is 1.79 bits per heavy atom. The minimum absolute atomic E-state index is 0.138. The van der Waals surface area contributed by atoms with Gasteiger partial charge in [-0.05, 0) is 49.2 Å². The highest BCUT2D eigenvalue weighted by Crippen LogP contribution is 2.31. The number of amides is 1. The Labute approximate surface area is 167 Å². The third kappa shape index (κ3) is 5.14. The first-order chi connectivity index (χ1) is 13.7. The van der Waals surface area contributed by atoms with Gasteiger partial charge in [-0.2, -0.15) is 0 Å². The van der Waals surface area contributed by atoms with Crippen LogP contribution < -0.4 is 14.8 Å². The number of nitrogens with zero attached hydrogens (tertiary/aromatic N) is 1. The molecule has 148 valence electrons. The minimum atomic E-state index is -0.138. The molecule has 1 N–H and O–H groups in total. The Balaban J connectivity index is 1.61. The predicted molar refractivity (Wildman–Crippen MR) is 111 cm³/mol. The second-order valence-corrected chi connectivity index (χ2v) is 6.89. The normalized spacial score (nSPS) is 14.4. The molecule has 0 unspecified atom stereocenters. The molecule has 0 atom stereocenters. The summed E-state index contributed by atoms with van der Waals surface area (Å²) in [5.74, 6) is 1.12. The van der Waals surface area contributed by atoms with Crippen molar-refractivity contribution in [2.75, 3.05) is 27.3 Å². The standard InChI is InChI=1S/C23H28N2O3/c1-27-21-11-7-10-18(23(21)28-2)12-13-22(26)24-16-19-8-3-4-9-20(19)17-25-14-5-6-15-25/h3-4,7-13H,5-6,14-17H2,1-2H3,(H,24,26)/b13-12+. The largest absolute Gasteiger partial charge is 0.493 e. The van der Waals surface area contributed by atoms with Gasteiger partial charge in [0.2, 0.25) is 5.91 Å². The fraction of sp³-hybridized carbons (Fsp3) is 0.348. The van der Waals surface area contributed by atoms with Gasteiger partial charge < -0.3 is 14.8 Å². The van der Waals surface area contributed by atoms with Gasteiger partial charge in [0.1, 0.15) is 0 Å². The smallest absolute Gasteiger partial charge is 0.244 e. The zero-order valence-electron chi connectivity index (χ0n) is 16.6. The van der Waals surface area contributed by atoms with Crippen molar-refractivity contribution < 1.29 is 14.3 Å². The van der Waals surface area contributed by atoms with E-state index in [0.29, 0.717) is 18.0 Å². The van der Waals surface area contributed by atoms with Gasteiger partial charge in [0, 0.05) is 24.7 Å². The number of para-hydroxylation sites is 1. The second kappa shape index (κ2) is 9.95. The van der Waals surface area contributed by atoms with Gasteiger partial charge in [-0.3, -0.25) is 9.69 Å². The third-order valence-electron chi connectivity index (χ3n) is 5.01. The number of carbonyl (C=O) groups is 1. The number of hydrogen-bond acceptors (Lipinski definition) is 4. The number of methoxy groups -OCH3 is 2. The van der Waals surface area contributed by atoms with E-state index in [-0.39, 0.29) is 5.91 Å². The van der Waals surface area contributed by atoms with Crippen molar-refractivity contribution >= 4 is 12.0 Å². The van der Waals surface area contributed by atoms with E-state index in [9.17, 15) is 4.79 Å². The average Bonchev–Trinajstić information content (AvgIpc) is 3.24. The maximum absolute atomic E-state index is 12.3. The van der Waals surface area contributed by atoms with Crippen LogP contribution in [0.1, 0.15) is 29.5 Å². The summed E-state index contributed by atoms with van der Waals surface area (Å²) in [6, 6.07) is 13.9. The monoisotopic (exact) mass is 380 g/mol. The van der Waals surface area contributed by atoms with Crippen LogP contribution in [0.4, 0.5) is 0 Å². The van der Waals surface area contributed by atoms with Crippen LogP contribution in [0.5, 0.6) is 11.5 Å². The maximum atomic E-state index is 12.3. The summed E-state index contributed by atoms with van der Waals surface area (Å²) in [4.78, 5) is 14.8. The number of hydrogen-bond donors (Lipinski definition) is 1. The van der Waals surface area contributed by atoms with Crippen LogP contribution in [0.25, 0.3) is 6.08 Å². The molecule has 1 saturated heterocycles. The lowest BCUT2D eigenvalue weighted by atomic mass is 10.1. The van der Waals surface area contributed by atoms with Gasteiger partial charge in [0.15, 0.2) is 11.5 Å². The molecule has 28 heavy (non-hydrogen) atoms. The van der Waals surface area contributed by atoms with Crippen molar-refractivity contribution in [3.8, 4) is 11.5 Å². The van der Waals surface area contributed by atoms with Gasteiger partial charge in [0.05, 0.1) is 14.2 Å². The Hall–Kier alpha value is -2.79. The van der Waals surface area contributed by atoms with Crippen LogP contribution >= 0.6 is 0 Å². The highest BCUT2D eigenvalue weighted by Gasteiger charge is 2.13. The average molecular weight is 380 g/mol. The summed E-state index contributed by atoms with van der Waals surface area (Å²) in [5.41, 5.74) is 3.24. The van der Waals surface area contributed by atoms with E-state index in [1.807, 2.05) is 24.3 Å². The van der Waals surface area contributed by atoms with E-state index < -0.39 is 0 Å². The molecular formula is C23H28N2O3. The summed E-state index contributed by atoms with van der Waals surface area (Å²) < 4.78 is 10.7. The highest BCUT2D eigenvalue weighted by atomic mass is 16.5. The fourth-order valence-electron chi connectivity index (χ4n) is 3.52. The third-order valence-corrected chi connectivity index (χ3v) is 5.01. The molecule has 0 radical (unpaired) electrons. The molecule has 0 saturated carbocycles. The van der Waals surface area contributed by atoms with Crippen LogP contribution in [0.2, 0.25) is 0 Å². The fourth-order valence-corrected chi connectivity index (χ4v) is 3.52. The number of likely N-dealkylation sites (tertiary alicyclic amines) is 1. The molecule has 5 nitrogen and oxygen atoms in total. The summed E-state index contributed by atoms with van der Waals surface area (Å²) in [6.07, 6.45) is 5.82. The van der Waals surface area contributed by atoms with E-state index in [2.05, 4.69) is 28.4 Å². The minimum Gasteiger partial charge on any atom is -0.493 e. The molecule has 1 aliphatic heterocycles. The number of benzene rings is 2. The Morgan fingerprint density at radius 3 is 2.50 bits per heavy atom. The summed E-state index contributed by atoms with van der Waals surface area (Å²) >= 11 is 0. The van der Waals surface area contributed by atoms with Gasteiger partial charge in [0.25, 0.3) is 0 Å². The molecule has 0 bridgehead atoms. The molecule has 5 heteroatoms. The van der Waals surface area contributed by atoms with Crippen molar-refractivity contribution in [1.82, 2.24) is 10.2 Å². The molecule has 0 aliphatic carbocycles. The second-order valence-electron chi connectivity index (χ2n) is 6.89. The molecule has 1 heterocycles. The maximum Gasteiger partial charge on any atom is 0.244 e. The van der Waals surface area contributed by atoms with E-state index in [4.69, 9.17) is 9.47 Å². The first-order valence-electron chi connectivity index (χ1n) is 9.67. The van der Waals surface area contributed by atoms with E-state index >= 15 is 0 Å². The predicted octanol–water partition coefficient (Wildman–Crippen LogP) is 3.63. The van der Waals surface area contributed by atoms with Crippen LogP contribution in [0.15, 0.2) is 48.5 Å². The molecule has 2 aromatic carbocycles. The van der Waals surface area contributed by atoms with Crippen molar-refractivity contribution in [3.05, 3.63) is 65.2 Å². The lowest BCUT2D eigenvalue weighted by Gasteiger charge is -2.17. The van der Waals surface area contributed by atoms with Crippen molar-refractivity contribution in [1.29, 1.82) is 0 Å². The first-order valence-corrected chi connectivity index (χ1v) is 9.67.